The first kappa shape index (κ1) is 22.5. The van der Waals surface area contributed by atoms with Gasteiger partial charge < -0.3 is 9.57 Å². The lowest BCUT2D eigenvalue weighted by Gasteiger charge is -2.08. The van der Waals surface area contributed by atoms with E-state index in [0.717, 1.165) is 34.1 Å². The highest BCUT2D eigenvalue weighted by Crippen LogP contribution is 2.24. The molecule has 168 valence electrons. The molecule has 1 saturated heterocycles. The lowest BCUT2D eigenvalue weighted by molar-refractivity contribution is -0.118. The van der Waals surface area contributed by atoms with Crippen LogP contribution in [0.2, 0.25) is 0 Å². The first-order valence-corrected chi connectivity index (χ1v) is 11.4. The van der Waals surface area contributed by atoms with E-state index in [1.54, 1.807) is 0 Å². The second-order valence-corrected chi connectivity index (χ2v) is 8.56. The van der Waals surface area contributed by atoms with E-state index in [-0.39, 0.29) is 16.4 Å². The number of rotatable bonds is 9. The second-order valence-electron chi connectivity index (χ2n) is 7.39. The lowest BCUT2D eigenvalue weighted by Crippen LogP contribution is -2.25. The molecule has 4 rings (SSSR count). The monoisotopic (exact) mass is 461 g/mol. The zero-order chi connectivity index (χ0) is 23.0. The molecule has 1 unspecified atom stereocenters. The molecule has 1 aromatic heterocycles. The van der Waals surface area contributed by atoms with Crippen LogP contribution in [0.3, 0.4) is 0 Å². The smallest absolute Gasteiger partial charge is 0.286 e. The molecule has 7 nitrogen and oxygen atoms in total. The number of pyridine rings is 1. The molecule has 0 saturated carbocycles. The molecule has 3 aromatic rings. The van der Waals surface area contributed by atoms with Crippen molar-refractivity contribution in [2.75, 3.05) is 13.2 Å². The minimum atomic E-state index is -0.372. The van der Waals surface area contributed by atoms with Gasteiger partial charge in [-0.15, -0.1) is 0 Å². The van der Waals surface area contributed by atoms with Gasteiger partial charge in [0, 0.05) is 11.8 Å². The molecule has 0 spiro atoms. The molecule has 1 N–H and O–H groups in total. The van der Waals surface area contributed by atoms with Crippen molar-refractivity contribution >= 4 is 28.6 Å². The fraction of sp³-hybridized carbons (Fsp3) is 0.200. The van der Waals surface area contributed by atoms with Gasteiger partial charge in [-0.2, -0.15) is 0 Å². The number of benzene rings is 2. The van der Waals surface area contributed by atoms with Gasteiger partial charge in [0.05, 0.1) is 10.9 Å². The van der Waals surface area contributed by atoms with E-state index in [4.69, 9.17) is 9.57 Å². The average molecular weight is 462 g/mol. The molecule has 2 heterocycles. The fourth-order valence-corrected chi connectivity index (χ4v) is 4.12. The Hall–Kier alpha value is -3.65. The number of nitrogens with zero attached hydrogens (tertiary/aromatic N) is 2. The summed E-state index contributed by atoms with van der Waals surface area (Å²) in [6.45, 7) is 2.48. The molecule has 0 bridgehead atoms. The summed E-state index contributed by atoms with van der Waals surface area (Å²) in [5.41, 5.74) is 4.57. The highest BCUT2D eigenvalue weighted by molar-refractivity contribution is 8.15. The predicted molar refractivity (Wildman–Crippen MR) is 128 cm³/mol. The van der Waals surface area contributed by atoms with Crippen LogP contribution in [0.15, 0.2) is 78.1 Å². The number of thioether (sulfide) groups is 1. The number of hydrogen-bond donors (Lipinski definition) is 1. The Morgan fingerprint density at radius 2 is 1.79 bits per heavy atom. The molecular formula is C25H23N3O4S. The molecule has 1 fully saturated rings. The van der Waals surface area contributed by atoms with Gasteiger partial charge >= 0.3 is 0 Å². The molecule has 0 radical (unpaired) electrons. The molecule has 1 aliphatic rings. The van der Waals surface area contributed by atoms with Crippen molar-refractivity contribution in [3.8, 4) is 16.9 Å². The summed E-state index contributed by atoms with van der Waals surface area (Å²) in [4.78, 5) is 32.8. The summed E-state index contributed by atoms with van der Waals surface area (Å²) in [5, 5.41) is 5.76. The van der Waals surface area contributed by atoms with Gasteiger partial charge in [0.25, 0.3) is 5.24 Å². The highest BCUT2D eigenvalue weighted by Gasteiger charge is 2.31. The van der Waals surface area contributed by atoms with Crippen LogP contribution in [0.25, 0.3) is 11.1 Å². The van der Waals surface area contributed by atoms with Crippen LogP contribution >= 0.6 is 11.8 Å². The Labute approximate surface area is 196 Å². The summed E-state index contributed by atoms with van der Waals surface area (Å²) < 4.78 is 5.67. The van der Waals surface area contributed by atoms with E-state index >= 15 is 0 Å². The number of imide groups is 1. The minimum Gasteiger partial charge on any atom is -0.490 e. The summed E-state index contributed by atoms with van der Waals surface area (Å²) >= 11 is 1.03. The van der Waals surface area contributed by atoms with Crippen molar-refractivity contribution in [2.45, 2.75) is 18.6 Å². The average Bonchev–Trinajstić information content (AvgIpc) is 3.16. The van der Waals surface area contributed by atoms with Crippen LogP contribution in [0.5, 0.6) is 5.75 Å². The van der Waals surface area contributed by atoms with Gasteiger partial charge in [-0.3, -0.25) is 19.9 Å². The number of ether oxygens (including phenoxy) is 1. The Bertz CT molecular complexity index is 1130. The maximum atomic E-state index is 11.7. The van der Waals surface area contributed by atoms with E-state index in [1.165, 1.54) is 0 Å². The van der Waals surface area contributed by atoms with E-state index in [1.807, 2.05) is 79.9 Å². The van der Waals surface area contributed by atoms with Crippen molar-refractivity contribution in [3.63, 3.8) is 0 Å². The van der Waals surface area contributed by atoms with E-state index in [9.17, 15) is 9.59 Å². The Kier molecular flexibility index (Phi) is 7.36. The van der Waals surface area contributed by atoms with Crippen LogP contribution < -0.4 is 10.1 Å². The third kappa shape index (κ3) is 6.20. The summed E-state index contributed by atoms with van der Waals surface area (Å²) in [5.74, 6) is 0.460. The SMILES string of the molecule is CC(=NOCCOc1ccc(CC2SC(=O)NC2=O)cc1)c1ccc(-c2ccccc2)cn1. The van der Waals surface area contributed by atoms with Crippen molar-refractivity contribution < 1.29 is 19.2 Å². The lowest BCUT2D eigenvalue weighted by atomic mass is 10.1. The largest absolute Gasteiger partial charge is 0.490 e. The standard InChI is InChI=1S/C25H23N3O4S/c1-17(22-12-9-20(16-26-22)19-5-3-2-4-6-19)28-32-14-13-31-21-10-7-18(8-11-21)15-23-24(29)27-25(30)33-23/h2-12,16,23H,13-15H2,1H3,(H,27,29,30). The van der Waals surface area contributed by atoms with Gasteiger partial charge in [-0.05, 0) is 42.7 Å². The van der Waals surface area contributed by atoms with Crippen LogP contribution in [-0.4, -0.2) is 40.3 Å². The summed E-state index contributed by atoms with van der Waals surface area (Å²) in [6.07, 6.45) is 2.33. The molecule has 8 heteroatoms. The zero-order valence-corrected chi connectivity index (χ0v) is 18.9. The van der Waals surface area contributed by atoms with Gasteiger partial charge in [0.1, 0.15) is 18.1 Å². The highest BCUT2D eigenvalue weighted by atomic mass is 32.2. The molecule has 1 atom stereocenters. The Balaban J connectivity index is 1.20. The van der Waals surface area contributed by atoms with Crippen molar-refractivity contribution in [1.82, 2.24) is 10.3 Å². The van der Waals surface area contributed by atoms with Crippen molar-refractivity contribution in [2.24, 2.45) is 5.16 Å². The third-order valence-electron chi connectivity index (χ3n) is 5.00. The van der Waals surface area contributed by atoms with Gasteiger partial charge in [-0.1, -0.05) is 65.4 Å². The number of nitrogens with one attached hydrogen (secondary N) is 1. The van der Waals surface area contributed by atoms with Crippen molar-refractivity contribution in [3.05, 3.63) is 84.2 Å². The number of oxime groups is 1. The molecular weight excluding hydrogens is 438 g/mol. The molecule has 1 aliphatic heterocycles. The number of amides is 2. The molecule has 0 aliphatic carbocycles. The second kappa shape index (κ2) is 10.8. The molecule has 2 aromatic carbocycles. The number of aromatic nitrogens is 1. The molecule has 2 amide bonds. The minimum absolute atomic E-state index is 0.235. The van der Waals surface area contributed by atoms with E-state index < -0.39 is 0 Å². The Morgan fingerprint density at radius 3 is 2.45 bits per heavy atom. The predicted octanol–water partition coefficient (Wildman–Crippen LogP) is 4.46. The topological polar surface area (TPSA) is 89.9 Å². The summed E-state index contributed by atoms with van der Waals surface area (Å²) in [7, 11) is 0. The maximum absolute atomic E-state index is 11.7. The van der Waals surface area contributed by atoms with Crippen LogP contribution in [0.1, 0.15) is 18.2 Å². The molecule has 33 heavy (non-hydrogen) atoms. The first-order chi connectivity index (χ1) is 16.1. The van der Waals surface area contributed by atoms with Crippen LogP contribution in [0, 0.1) is 0 Å². The number of carbonyl (C=O) groups is 2. The normalized spacial score (nSPS) is 15.9. The maximum Gasteiger partial charge on any atom is 0.286 e. The van der Waals surface area contributed by atoms with Gasteiger partial charge in [0.2, 0.25) is 5.91 Å². The van der Waals surface area contributed by atoms with Crippen LogP contribution in [-0.2, 0) is 16.1 Å². The van der Waals surface area contributed by atoms with Crippen molar-refractivity contribution in [1.29, 1.82) is 0 Å². The number of carbonyl (C=O) groups excluding carboxylic acids is 2. The first-order valence-electron chi connectivity index (χ1n) is 10.5. The third-order valence-corrected chi connectivity index (χ3v) is 5.98. The van der Waals surface area contributed by atoms with E-state index in [0.29, 0.717) is 31.1 Å². The van der Waals surface area contributed by atoms with Crippen LogP contribution in [0.4, 0.5) is 4.79 Å². The fourth-order valence-electron chi connectivity index (χ4n) is 3.26. The Morgan fingerprint density at radius 1 is 1.00 bits per heavy atom. The van der Waals surface area contributed by atoms with E-state index in [2.05, 4.69) is 15.5 Å². The number of hydrogen-bond acceptors (Lipinski definition) is 7. The summed E-state index contributed by atoms with van der Waals surface area (Å²) in [6, 6.07) is 21.5. The quantitative estimate of drug-likeness (QED) is 0.287. The van der Waals surface area contributed by atoms with Gasteiger partial charge in [-0.25, -0.2) is 0 Å². The van der Waals surface area contributed by atoms with Gasteiger partial charge in [0.15, 0.2) is 6.61 Å². The zero-order valence-electron chi connectivity index (χ0n) is 18.1.